The molecule has 0 heterocycles. The average Bonchev–Trinajstić information content (AvgIpc) is 1.80. The number of nitrogen functional groups attached to an aromatic ring is 1. The second-order valence-electron chi connectivity index (χ2n) is 2.01. The summed E-state index contributed by atoms with van der Waals surface area (Å²) < 4.78 is 0. The molecule has 0 aliphatic heterocycles. The minimum Gasteiger partial charge on any atom is -0.399 e. The second-order valence-corrected chi connectivity index (χ2v) is 2.42. The predicted octanol–water partition coefficient (Wildman–Crippen LogP) is 1.05. The fourth-order valence-corrected chi connectivity index (χ4v) is 0.798. The fraction of sp³-hybridized carbons (Fsp3) is 0.143. The number of aryl methyl sites for hydroxylation is 1. The van der Waals surface area contributed by atoms with Crippen molar-refractivity contribution < 1.29 is 0 Å². The van der Waals surface area contributed by atoms with E-state index in [0.717, 1.165) is 10.6 Å². The minimum atomic E-state index is 0. The molecule has 10 heavy (non-hydrogen) atoms. The maximum absolute atomic E-state index is 5.73. The Hall–Kier alpha value is -0.625. The molecule has 0 saturated heterocycles. The number of hydrogen-bond acceptors (Lipinski definition) is 1. The molecular weight excluding hydrogens is 144 g/mol. The Labute approximate surface area is 67.8 Å². The lowest BCUT2D eigenvalue weighted by atomic mass is 10.2. The van der Waals surface area contributed by atoms with Gasteiger partial charge in [0.15, 0.2) is 0 Å². The molecule has 3 heteroatoms. The van der Waals surface area contributed by atoms with Crippen LogP contribution in [0, 0.1) is 6.92 Å². The molecule has 1 rings (SSSR count). The van der Waals surface area contributed by atoms with Gasteiger partial charge in [0.25, 0.3) is 0 Å². The van der Waals surface area contributed by atoms with E-state index in [1.54, 1.807) is 6.07 Å². The first-order valence-corrected chi connectivity index (χ1v) is 3.09. The van der Waals surface area contributed by atoms with E-state index < -0.39 is 0 Å². The summed E-state index contributed by atoms with van der Waals surface area (Å²) in [7, 11) is 0. The summed E-state index contributed by atoms with van der Waals surface area (Å²) in [6.45, 7) is 1.95. The summed E-state index contributed by atoms with van der Waals surface area (Å²) in [4.78, 5) is 0. The van der Waals surface area contributed by atoms with Crippen molar-refractivity contribution in [1.82, 2.24) is 0 Å². The summed E-state index contributed by atoms with van der Waals surface area (Å²) in [5.41, 5.74) is 7.22. The van der Waals surface area contributed by atoms with Crippen molar-refractivity contribution in [3.63, 3.8) is 0 Å². The first kappa shape index (κ1) is 9.37. The molecule has 1 aromatic rings. The molecule has 0 spiro atoms. The molecule has 2 N–H and O–H groups in total. The van der Waals surface area contributed by atoms with Crippen molar-refractivity contribution in [2.24, 2.45) is 0 Å². The molecule has 0 bridgehead atoms. The Morgan fingerprint density at radius 3 is 2.40 bits per heavy atom. The zero-order valence-corrected chi connectivity index (χ0v) is 5.94. The van der Waals surface area contributed by atoms with Crippen LogP contribution >= 0.6 is 11.6 Å². The van der Waals surface area contributed by atoms with Crippen molar-refractivity contribution in [2.75, 3.05) is 5.73 Å². The van der Waals surface area contributed by atoms with Gasteiger partial charge in [-0.2, -0.15) is 0 Å². The van der Waals surface area contributed by atoms with Crippen molar-refractivity contribution >= 4 is 25.7 Å². The number of rotatable bonds is 0. The van der Waals surface area contributed by atoms with Crippen LogP contribution in [0.4, 0.5) is 5.69 Å². The first-order chi connectivity index (χ1) is 4.20. The van der Waals surface area contributed by atoms with Crippen molar-refractivity contribution in [1.29, 1.82) is 0 Å². The largest absolute Gasteiger partial charge is 0.399 e. The molecule has 0 atom stereocenters. The molecule has 54 valence electrons. The first-order valence-electron chi connectivity index (χ1n) is 2.72. The van der Waals surface area contributed by atoms with E-state index in [1.165, 1.54) is 0 Å². The summed E-state index contributed by atoms with van der Waals surface area (Å²) in [6.07, 6.45) is 0. The predicted molar refractivity (Wildman–Crippen MR) is 50.5 cm³/mol. The van der Waals surface area contributed by atoms with E-state index in [2.05, 4.69) is 0 Å². The van der Waals surface area contributed by atoms with E-state index in [-0.39, 0.29) is 8.41 Å². The smallest absolute Gasteiger partial charge is 0.0814 e. The third-order valence-corrected chi connectivity index (χ3v) is 1.60. The molecule has 0 radical (unpaired) electrons. The van der Waals surface area contributed by atoms with Gasteiger partial charge in [-0.05, 0) is 24.6 Å². The molecule has 0 fully saturated rings. The van der Waals surface area contributed by atoms with Crippen LogP contribution in [0.1, 0.15) is 5.56 Å². The zero-order chi connectivity index (χ0) is 6.85. The topological polar surface area (TPSA) is 26.0 Å². The zero-order valence-electron chi connectivity index (χ0n) is 5.19. The number of anilines is 1. The van der Waals surface area contributed by atoms with Crippen molar-refractivity contribution in [3.8, 4) is 0 Å². The van der Waals surface area contributed by atoms with E-state index >= 15 is 0 Å². The lowest BCUT2D eigenvalue weighted by Gasteiger charge is -1.96. The third kappa shape index (κ3) is 1.96. The van der Waals surface area contributed by atoms with Gasteiger partial charge in [0.1, 0.15) is 0 Å². The molecular formula is C7H11BClN. The average molecular weight is 155 g/mol. The molecule has 0 saturated carbocycles. The van der Waals surface area contributed by atoms with Crippen LogP contribution in [0.25, 0.3) is 0 Å². The van der Waals surface area contributed by atoms with Gasteiger partial charge in [0.05, 0.1) is 8.41 Å². The Bertz CT molecular complexity index is 225. The Morgan fingerprint density at radius 2 is 2.00 bits per heavy atom. The maximum Gasteiger partial charge on any atom is 0.0814 e. The third-order valence-electron chi connectivity index (χ3n) is 1.20. The van der Waals surface area contributed by atoms with Gasteiger partial charge in [0.2, 0.25) is 0 Å². The lowest BCUT2D eigenvalue weighted by molar-refractivity contribution is 1.47. The Kier molecular flexibility index (Phi) is 3.30. The second kappa shape index (κ2) is 3.52. The maximum atomic E-state index is 5.73. The Morgan fingerprint density at radius 1 is 1.40 bits per heavy atom. The van der Waals surface area contributed by atoms with Gasteiger partial charge in [-0.15, -0.1) is 0 Å². The molecule has 0 unspecified atom stereocenters. The standard InChI is InChI=1S/C7H8ClN.BH3/c1-5-2-3-6(9)4-7(5)8;/h2-4H,9H2,1H3;1H3. The van der Waals surface area contributed by atoms with E-state index in [0.29, 0.717) is 5.69 Å². The van der Waals surface area contributed by atoms with Crippen LogP contribution in [0.3, 0.4) is 0 Å². The van der Waals surface area contributed by atoms with E-state index in [4.69, 9.17) is 17.3 Å². The summed E-state index contributed by atoms with van der Waals surface area (Å²) >= 11 is 5.73. The summed E-state index contributed by atoms with van der Waals surface area (Å²) in [5, 5.41) is 0.731. The van der Waals surface area contributed by atoms with Crippen LogP contribution in [-0.2, 0) is 0 Å². The van der Waals surface area contributed by atoms with Crippen LogP contribution in [-0.4, -0.2) is 8.41 Å². The minimum absolute atomic E-state index is 0. The quantitative estimate of drug-likeness (QED) is 0.440. The number of nitrogens with two attached hydrogens (primary N) is 1. The van der Waals surface area contributed by atoms with Gasteiger partial charge in [0, 0.05) is 10.7 Å². The summed E-state index contributed by atoms with van der Waals surface area (Å²) in [5.74, 6) is 0. The highest BCUT2D eigenvalue weighted by atomic mass is 35.5. The monoisotopic (exact) mass is 155 g/mol. The molecule has 1 aromatic carbocycles. The van der Waals surface area contributed by atoms with Crippen LogP contribution < -0.4 is 5.73 Å². The van der Waals surface area contributed by atoms with Crippen molar-refractivity contribution in [2.45, 2.75) is 6.92 Å². The highest BCUT2D eigenvalue weighted by Gasteiger charge is 1.91. The molecule has 0 aliphatic rings. The molecule has 0 amide bonds. The Balaban J connectivity index is 0.000000810. The van der Waals surface area contributed by atoms with Gasteiger partial charge in [-0.3, -0.25) is 0 Å². The van der Waals surface area contributed by atoms with Gasteiger partial charge in [-0.1, -0.05) is 17.7 Å². The highest BCUT2D eigenvalue weighted by molar-refractivity contribution is 6.31. The van der Waals surface area contributed by atoms with Gasteiger partial charge < -0.3 is 5.73 Å². The molecule has 1 nitrogen and oxygen atoms in total. The highest BCUT2D eigenvalue weighted by Crippen LogP contribution is 2.17. The fourth-order valence-electron chi connectivity index (χ4n) is 0.609. The van der Waals surface area contributed by atoms with Crippen LogP contribution in [0.2, 0.25) is 5.02 Å². The lowest BCUT2D eigenvalue weighted by Crippen LogP contribution is -1.83. The van der Waals surface area contributed by atoms with Gasteiger partial charge in [-0.25, -0.2) is 0 Å². The van der Waals surface area contributed by atoms with E-state index in [9.17, 15) is 0 Å². The summed E-state index contributed by atoms with van der Waals surface area (Å²) in [6, 6.07) is 5.48. The molecule has 0 aromatic heterocycles. The van der Waals surface area contributed by atoms with Crippen molar-refractivity contribution in [3.05, 3.63) is 28.8 Å². The van der Waals surface area contributed by atoms with Crippen LogP contribution in [0.15, 0.2) is 18.2 Å². The van der Waals surface area contributed by atoms with Gasteiger partial charge >= 0.3 is 0 Å². The normalized spacial score (nSPS) is 8.60. The molecule has 0 aliphatic carbocycles. The van der Waals surface area contributed by atoms with Crippen LogP contribution in [0.5, 0.6) is 0 Å². The SMILES string of the molecule is B.Cc1ccc(N)cc1Cl. The number of halogens is 1. The number of benzene rings is 1. The number of hydrogen-bond donors (Lipinski definition) is 1. The van der Waals surface area contributed by atoms with E-state index in [1.807, 2.05) is 19.1 Å².